The Morgan fingerprint density at radius 2 is 2.24 bits per heavy atom. The van der Waals surface area contributed by atoms with E-state index in [0.717, 1.165) is 5.56 Å². The molecule has 0 radical (unpaired) electrons. The van der Waals surface area contributed by atoms with Gasteiger partial charge in [-0.15, -0.1) is 0 Å². The van der Waals surface area contributed by atoms with Gasteiger partial charge in [0.25, 0.3) is 0 Å². The minimum atomic E-state index is -0.444. The van der Waals surface area contributed by atoms with Crippen LogP contribution in [-0.2, 0) is 4.79 Å². The van der Waals surface area contributed by atoms with Crippen molar-refractivity contribution in [2.75, 3.05) is 11.9 Å². The fourth-order valence-electron chi connectivity index (χ4n) is 1.03. The van der Waals surface area contributed by atoms with Crippen LogP contribution < -0.4 is 11.1 Å². The Labute approximate surface area is 102 Å². The summed E-state index contributed by atoms with van der Waals surface area (Å²) in [6.07, 6.45) is 1.61. The van der Waals surface area contributed by atoms with E-state index in [1.54, 1.807) is 18.3 Å². The minimum Gasteiger partial charge on any atom is -0.320 e. The van der Waals surface area contributed by atoms with E-state index in [1.165, 1.54) is 0 Å². The Bertz CT molecular complexity index is 464. The molecule has 1 aromatic rings. The van der Waals surface area contributed by atoms with E-state index >= 15 is 0 Å². The number of nitrogens with one attached hydrogen (secondary N) is 1. The van der Waals surface area contributed by atoms with Crippen molar-refractivity contribution in [2.45, 2.75) is 20.8 Å². The van der Waals surface area contributed by atoms with Crippen LogP contribution in [0, 0.1) is 17.3 Å². The van der Waals surface area contributed by atoms with Crippen LogP contribution in [0.3, 0.4) is 0 Å². The summed E-state index contributed by atoms with van der Waals surface area (Å²) in [5, 5.41) is 2.75. The molecule has 1 heterocycles. The van der Waals surface area contributed by atoms with Crippen molar-refractivity contribution >= 4 is 11.7 Å². The predicted molar refractivity (Wildman–Crippen MR) is 68.3 cm³/mol. The van der Waals surface area contributed by atoms with Gasteiger partial charge < -0.3 is 11.1 Å². The zero-order valence-electron chi connectivity index (χ0n) is 10.4. The number of rotatable bonds is 1. The van der Waals surface area contributed by atoms with Crippen molar-refractivity contribution in [2.24, 2.45) is 11.1 Å². The fourth-order valence-corrected chi connectivity index (χ4v) is 1.03. The van der Waals surface area contributed by atoms with Gasteiger partial charge in [0.2, 0.25) is 5.91 Å². The molecule has 0 saturated heterocycles. The number of hydrogen-bond donors (Lipinski definition) is 2. The SMILES string of the molecule is CC(C)(C)C(=O)Nc1cc(C#CCN)ccn1. The lowest BCUT2D eigenvalue weighted by Gasteiger charge is -2.17. The number of pyridine rings is 1. The first kappa shape index (κ1) is 13.2. The van der Waals surface area contributed by atoms with Gasteiger partial charge in [0.15, 0.2) is 0 Å². The molecule has 4 nitrogen and oxygen atoms in total. The van der Waals surface area contributed by atoms with Gasteiger partial charge in [0.1, 0.15) is 5.82 Å². The highest BCUT2D eigenvalue weighted by Crippen LogP contribution is 2.16. The van der Waals surface area contributed by atoms with Crippen molar-refractivity contribution in [1.82, 2.24) is 4.98 Å². The number of anilines is 1. The first-order chi connectivity index (χ1) is 7.93. The summed E-state index contributed by atoms with van der Waals surface area (Å²) in [6.45, 7) is 5.85. The maximum absolute atomic E-state index is 11.8. The van der Waals surface area contributed by atoms with Gasteiger partial charge in [-0.25, -0.2) is 4.98 Å². The van der Waals surface area contributed by atoms with Crippen molar-refractivity contribution in [3.8, 4) is 11.8 Å². The van der Waals surface area contributed by atoms with E-state index in [-0.39, 0.29) is 5.91 Å². The molecule has 0 aliphatic carbocycles. The maximum Gasteiger partial charge on any atom is 0.230 e. The number of nitrogens with two attached hydrogens (primary N) is 1. The fraction of sp³-hybridized carbons (Fsp3) is 0.385. The first-order valence-corrected chi connectivity index (χ1v) is 5.40. The third-order valence-corrected chi connectivity index (χ3v) is 2.02. The Morgan fingerprint density at radius 1 is 1.53 bits per heavy atom. The van der Waals surface area contributed by atoms with Gasteiger partial charge in [0, 0.05) is 17.2 Å². The largest absolute Gasteiger partial charge is 0.320 e. The van der Waals surface area contributed by atoms with Crippen molar-refractivity contribution in [3.63, 3.8) is 0 Å². The van der Waals surface area contributed by atoms with Crippen LogP contribution in [0.5, 0.6) is 0 Å². The molecule has 0 atom stereocenters. The van der Waals surface area contributed by atoms with Crippen LogP contribution in [0.4, 0.5) is 5.82 Å². The molecule has 3 N–H and O–H groups in total. The number of amides is 1. The zero-order valence-corrected chi connectivity index (χ0v) is 10.4. The minimum absolute atomic E-state index is 0.0751. The highest BCUT2D eigenvalue weighted by Gasteiger charge is 2.21. The third kappa shape index (κ3) is 4.25. The molecule has 0 bridgehead atoms. The van der Waals surface area contributed by atoms with Gasteiger partial charge in [-0.3, -0.25) is 4.79 Å². The molecule has 0 unspecified atom stereocenters. The summed E-state index contributed by atoms with van der Waals surface area (Å²) in [7, 11) is 0. The molecule has 0 saturated carbocycles. The normalized spacial score (nSPS) is 10.4. The second-order valence-electron chi connectivity index (χ2n) is 4.64. The second-order valence-corrected chi connectivity index (χ2v) is 4.64. The molecule has 0 fully saturated rings. The quantitative estimate of drug-likeness (QED) is 0.717. The molecule has 90 valence electrons. The molecular weight excluding hydrogens is 214 g/mol. The average Bonchev–Trinajstić information content (AvgIpc) is 2.25. The van der Waals surface area contributed by atoms with Gasteiger partial charge >= 0.3 is 0 Å². The van der Waals surface area contributed by atoms with Crippen LogP contribution in [0.2, 0.25) is 0 Å². The molecule has 1 rings (SSSR count). The van der Waals surface area contributed by atoms with Gasteiger partial charge in [-0.1, -0.05) is 32.6 Å². The summed E-state index contributed by atoms with van der Waals surface area (Å²) in [6, 6.07) is 3.50. The molecule has 1 aromatic heterocycles. The summed E-state index contributed by atoms with van der Waals surface area (Å²) in [5.41, 5.74) is 5.64. The predicted octanol–water partition coefficient (Wildman–Crippen LogP) is 1.38. The molecular formula is C13H17N3O. The summed E-state index contributed by atoms with van der Waals surface area (Å²) in [5.74, 6) is 6.08. The van der Waals surface area contributed by atoms with Crippen LogP contribution >= 0.6 is 0 Å². The van der Waals surface area contributed by atoms with E-state index in [0.29, 0.717) is 12.4 Å². The first-order valence-electron chi connectivity index (χ1n) is 5.40. The standard InChI is InChI=1S/C13H17N3O/c1-13(2,3)12(17)16-11-9-10(5-4-7-14)6-8-15-11/h6,8-9H,7,14H2,1-3H3,(H,15,16,17). The smallest absolute Gasteiger partial charge is 0.230 e. The van der Waals surface area contributed by atoms with E-state index in [2.05, 4.69) is 22.1 Å². The zero-order chi connectivity index (χ0) is 12.9. The van der Waals surface area contributed by atoms with Crippen LogP contribution in [0.1, 0.15) is 26.3 Å². The number of carbonyl (C=O) groups excluding carboxylic acids is 1. The second kappa shape index (κ2) is 5.46. The van der Waals surface area contributed by atoms with Crippen molar-refractivity contribution in [1.29, 1.82) is 0 Å². The van der Waals surface area contributed by atoms with Crippen LogP contribution in [0.25, 0.3) is 0 Å². The van der Waals surface area contributed by atoms with E-state index in [1.807, 2.05) is 20.8 Å². The Kier molecular flexibility index (Phi) is 4.24. The van der Waals surface area contributed by atoms with Gasteiger partial charge in [0.05, 0.1) is 6.54 Å². The van der Waals surface area contributed by atoms with E-state index in [9.17, 15) is 4.79 Å². The molecule has 4 heteroatoms. The maximum atomic E-state index is 11.8. The molecule has 0 aliphatic heterocycles. The highest BCUT2D eigenvalue weighted by atomic mass is 16.2. The number of hydrogen-bond acceptors (Lipinski definition) is 3. The van der Waals surface area contributed by atoms with Gasteiger partial charge in [-0.05, 0) is 12.1 Å². The van der Waals surface area contributed by atoms with E-state index in [4.69, 9.17) is 5.73 Å². The highest BCUT2D eigenvalue weighted by molar-refractivity contribution is 5.93. The summed E-state index contributed by atoms with van der Waals surface area (Å²) in [4.78, 5) is 15.8. The summed E-state index contributed by atoms with van der Waals surface area (Å²) < 4.78 is 0. The van der Waals surface area contributed by atoms with Crippen molar-refractivity contribution < 1.29 is 4.79 Å². The Hall–Kier alpha value is -1.86. The van der Waals surface area contributed by atoms with Crippen LogP contribution in [0.15, 0.2) is 18.3 Å². The number of nitrogens with zero attached hydrogens (tertiary/aromatic N) is 1. The topological polar surface area (TPSA) is 68.0 Å². The Balaban J connectivity index is 2.83. The lowest BCUT2D eigenvalue weighted by molar-refractivity contribution is -0.123. The third-order valence-electron chi connectivity index (χ3n) is 2.02. The number of aromatic nitrogens is 1. The molecule has 0 aromatic carbocycles. The molecule has 1 amide bonds. The number of carbonyl (C=O) groups is 1. The molecule has 0 spiro atoms. The summed E-state index contributed by atoms with van der Waals surface area (Å²) >= 11 is 0. The van der Waals surface area contributed by atoms with E-state index < -0.39 is 5.41 Å². The average molecular weight is 231 g/mol. The molecule has 0 aliphatic rings. The lowest BCUT2D eigenvalue weighted by Crippen LogP contribution is -2.28. The monoisotopic (exact) mass is 231 g/mol. The molecule has 17 heavy (non-hydrogen) atoms. The van der Waals surface area contributed by atoms with Crippen LogP contribution in [-0.4, -0.2) is 17.4 Å². The van der Waals surface area contributed by atoms with Gasteiger partial charge in [-0.2, -0.15) is 0 Å². The Morgan fingerprint density at radius 3 is 2.82 bits per heavy atom. The van der Waals surface area contributed by atoms with Crippen molar-refractivity contribution in [3.05, 3.63) is 23.9 Å². The lowest BCUT2D eigenvalue weighted by atomic mass is 9.96.